The molecule has 4 N–H and O–H groups in total. The Balaban J connectivity index is 2.03. The topological polar surface area (TPSA) is 116 Å². The molecule has 7 nitrogen and oxygen atoms in total. The lowest BCUT2D eigenvalue weighted by Crippen LogP contribution is -2.59. The second kappa shape index (κ2) is 17.3. The average Bonchev–Trinajstić information content (AvgIpc) is 2.76. The number of carbonyl (C=O) groups excluding carboxylic acids is 1. The first-order valence-corrected chi connectivity index (χ1v) is 11.8. The van der Waals surface area contributed by atoms with Gasteiger partial charge in [-0.2, -0.15) is 0 Å². The lowest BCUT2D eigenvalue weighted by molar-refractivity contribution is -0.292. The van der Waals surface area contributed by atoms with Crippen LogP contribution in [0, 0.1) is 0 Å². The van der Waals surface area contributed by atoms with Gasteiger partial charge in [0.2, 0.25) is 6.29 Å². The Bertz CT molecular complexity index is 518. The molecule has 0 aromatic carbocycles. The fraction of sp³-hybridized carbons (Fsp3) is 0.792. The summed E-state index contributed by atoms with van der Waals surface area (Å²) in [5.74, 6) is -0.532. The van der Waals surface area contributed by atoms with Crippen LogP contribution in [-0.2, 0) is 14.3 Å². The lowest BCUT2D eigenvalue weighted by Gasteiger charge is -2.39. The molecule has 1 aliphatic heterocycles. The summed E-state index contributed by atoms with van der Waals surface area (Å²) in [4.78, 5) is 11.9. The lowest BCUT2D eigenvalue weighted by atomic mass is 9.99. The first-order chi connectivity index (χ1) is 15.0. The van der Waals surface area contributed by atoms with E-state index in [0.29, 0.717) is 6.42 Å². The number of carbonyl (C=O) groups is 1. The normalized spacial score (nSPS) is 26.7. The molecule has 1 aliphatic rings. The van der Waals surface area contributed by atoms with Crippen molar-refractivity contribution in [2.45, 2.75) is 115 Å². The summed E-state index contributed by atoms with van der Waals surface area (Å²) in [6, 6.07) is 0. The summed E-state index contributed by atoms with van der Waals surface area (Å²) < 4.78 is 10.2. The smallest absolute Gasteiger partial charge is 0.308 e. The highest BCUT2D eigenvalue weighted by Gasteiger charge is 2.45. The molecule has 0 saturated carbocycles. The Morgan fingerprint density at radius 2 is 1.45 bits per heavy atom. The molecule has 5 atom stereocenters. The molecule has 1 rings (SSSR count). The van der Waals surface area contributed by atoms with Crippen molar-refractivity contribution in [3.63, 3.8) is 0 Å². The molecule has 1 saturated heterocycles. The van der Waals surface area contributed by atoms with Gasteiger partial charge in [0.05, 0.1) is 6.61 Å². The van der Waals surface area contributed by atoms with E-state index in [1.165, 1.54) is 25.7 Å². The van der Waals surface area contributed by atoms with E-state index in [2.05, 4.69) is 31.2 Å². The van der Waals surface area contributed by atoms with Crippen LogP contribution in [0.2, 0.25) is 0 Å². The van der Waals surface area contributed by atoms with Crippen molar-refractivity contribution in [2.75, 3.05) is 6.61 Å². The van der Waals surface area contributed by atoms with Crippen molar-refractivity contribution in [1.82, 2.24) is 0 Å². The number of hydrogen-bond acceptors (Lipinski definition) is 7. The standard InChI is InChI=1S/C24H42O7/c1-2-3-4-5-6-7-8-9-10-11-12-13-14-15-16-17-20(26)31-24-23(29)22(28)21(27)19(18-25)30-24/h6-7,9-10,19,21-25,27-29H,2-5,8,11-18H2,1H3/t19-,21-,22+,23-,24?/m1/s1. The van der Waals surface area contributed by atoms with E-state index in [1.54, 1.807) is 0 Å². The number of rotatable bonds is 16. The number of esters is 1. The largest absolute Gasteiger partial charge is 0.433 e. The molecule has 1 fully saturated rings. The van der Waals surface area contributed by atoms with Crippen LogP contribution >= 0.6 is 0 Å². The van der Waals surface area contributed by atoms with Crippen LogP contribution < -0.4 is 0 Å². The van der Waals surface area contributed by atoms with Crippen molar-refractivity contribution in [1.29, 1.82) is 0 Å². The minimum absolute atomic E-state index is 0.194. The molecule has 7 heteroatoms. The number of unbranched alkanes of at least 4 members (excludes halogenated alkanes) is 8. The molecular formula is C24H42O7. The van der Waals surface area contributed by atoms with Crippen molar-refractivity contribution in [2.24, 2.45) is 0 Å². The predicted molar refractivity (Wildman–Crippen MR) is 119 cm³/mol. The van der Waals surface area contributed by atoms with Crippen molar-refractivity contribution in [3.05, 3.63) is 24.3 Å². The molecule has 1 heterocycles. The second-order valence-electron chi connectivity index (χ2n) is 8.17. The van der Waals surface area contributed by atoms with Gasteiger partial charge in [-0.05, 0) is 38.5 Å². The zero-order valence-corrected chi connectivity index (χ0v) is 18.9. The minimum Gasteiger partial charge on any atom is -0.433 e. The van der Waals surface area contributed by atoms with Gasteiger partial charge in [0.1, 0.15) is 24.4 Å². The van der Waals surface area contributed by atoms with Crippen LogP contribution in [0.15, 0.2) is 24.3 Å². The molecule has 1 unspecified atom stereocenters. The van der Waals surface area contributed by atoms with Crippen molar-refractivity contribution < 1.29 is 34.7 Å². The van der Waals surface area contributed by atoms with Crippen LogP contribution in [0.3, 0.4) is 0 Å². The first-order valence-electron chi connectivity index (χ1n) is 11.8. The quantitative estimate of drug-likeness (QED) is 0.165. The van der Waals surface area contributed by atoms with E-state index >= 15 is 0 Å². The molecule has 0 aliphatic carbocycles. The molecule has 0 aromatic rings. The maximum absolute atomic E-state index is 11.9. The SMILES string of the molecule is CCCCCC=CCC=CCCCCCCCC(=O)OC1O[C@H](CO)[C@@H](O)[C@H](O)[C@H]1O. The fourth-order valence-electron chi connectivity index (χ4n) is 3.43. The van der Waals surface area contributed by atoms with Crippen molar-refractivity contribution >= 4 is 5.97 Å². The van der Waals surface area contributed by atoms with Gasteiger partial charge in [0, 0.05) is 6.42 Å². The number of allylic oxidation sites excluding steroid dienone is 4. The summed E-state index contributed by atoms with van der Waals surface area (Å²) in [5.41, 5.74) is 0. The van der Waals surface area contributed by atoms with E-state index in [0.717, 1.165) is 38.5 Å². The van der Waals surface area contributed by atoms with Gasteiger partial charge in [0.15, 0.2) is 0 Å². The maximum Gasteiger partial charge on any atom is 0.308 e. The monoisotopic (exact) mass is 442 g/mol. The highest BCUT2D eigenvalue weighted by molar-refractivity contribution is 5.69. The summed E-state index contributed by atoms with van der Waals surface area (Å²) >= 11 is 0. The Morgan fingerprint density at radius 1 is 0.839 bits per heavy atom. The van der Waals surface area contributed by atoms with Gasteiger partial charge in [-0.3, -0.25) is 4.79 Å². The highest BCUT2D eigenvalue weighted by Crippen LogP contribution is 2.22. The zero-order chi connectivity index (χ0) is 22.9. The van der Waals surface area contributed by atoms with E-state index in [-0.39, 0.29) is 6.42 Å². The third-order valence-corrected chi connectivity index (χ3v) is 5.43. The summed E-state index contributed by atoms with van der Waals surface area (Å²) in [5, 5.41) is 38.4. The maximum atomic E-state index is 11.9. The Kier molecular flexibility index (Phi) is 15.5. The number of hydrogen-bond donors (Lipinski definition) is 4. The van der Waals surface area contributed by atoms with Gasteiger partial charge in [-0.25, -0.2) is 0 Å². The number of aliphatic hydroxyl groups excluding tert-OH is 4. The molecular weight excluding hydrogens is 400 g/mol. The Hall–Kier alpha value is -1.25. The van der Waals surface area contributed by atoms with Crippen molar-refractivity contribution in [3.8, 4) is 0 Å². The van der Waals surface area contributed by atoms with E-state index in [4.69, 9.17) is 14.6 Å². The summed E-state index contributed by atoms with van der Waals surface area (Å²) in [6.07, 6.45) is 14.1. The summed E-state index contributed by atoms with van der Waals surface area (Å²) in [7, 11) is 0. The number of ether oxygens (including phenoxy) is 2. The van der Waals surface area contributed by atoms with E-state index < -0.39 is 43.3 Å². The number of aliphatic hydroxyl groups is 4. The molecule has 0 radical (unpaired) electrons. The summed E-state index contributed by atoms with van der Waals surface area (Å²) in [6.45, 7) is 1.67. The highest BCUT2D eigenvalue weighted by atomic mass is 16.7. The van der Waals surface area contributed by atoms with Crippen LogP contribution in [0.25, 0.3) is 0 Å². The van der Waals surface area contributed by atoms with Gasteiger partial charge in [0.25, 0.3) is 0 Å². The zero-order valence-electron chi connectivity index (χ0n) is 18.9. The molecule has 0 aromatic heterocycles. The van der Waals surface area contributed by atoms with Crippen LogP contribution in [0.5, 0.6) is 0 Å². The van der Waals surface area contributed by atoms with Crippen LogP contribution in [-0.4, -0.2) is 63.7 Å². The predicted octanol–water partition coefficient (Wildman–Crippen LogP) is 3.14. The van der Waals surface area contributed by atoms with E-state index in [9.17, 15) is 20.1 Å². The fourth-order valence-corrected chi connectivity index (χ4v) is 3.43. The average molecular weight is 443 g/mol. The molecule has 0 amide bonds. The molecule has 180 valence electrons. The Morgan fingerprint density at radius 3 is 2.10 bits per heavy atom. The van der Waals surface area contributed by atoms with E-state index in [1.807, 2.05) is 0 Å². The molecule has 31 heavy (non-hydrogen) atoms. The van der Waals surface area contributed by atoms with Gasteiger partial charge >= 0.3 is 5.97 Å². The van der Waals surface area contributed by atoms with Gasteiger partial charge in [-0.15, -0.1) is 0 Å². The Labute approximate surface area is 186 Å². The van der Waals surface area contributed by atoms with Crippen LogP contribution in [0.1, 0.15) is 84.0 Å². The minimum atomic E-state index is -1.55. The molecule has 0 bridgehead atoms. The second-order valence-corrected chi connectivity index (χ2v) is 8.17. The van der Waals surface area contributed by atoms with Crippen LogP contribution in [0.4, 0.5) is 0 Å². The third-order valence-electron chi connectivity index (χ3n) is 5.43. The first kappa shape index (κ1) is 27.8. The molecule has 0 spiro atoms. The van der Waals surface area contributed by atoms with Gasteiger partial charge < -0.3 is 29.9 Å². The van der Waals surface area contributed by atoms with Gasteiger partial charge in [-0.1, -0.05) is 63.3 Å². The third kappa shape index (κ3) is 11.8.